The Balaban J connectivity index is 1.78. The van der Waals surface area contributed by atoms with Gasteiger partial charge < -0.3 is 15.4 Å². The predicted octanol–water partition coefficient (Wildman–Crippen LogP) is 4.31. The fourth-order valence-electron chi connectivity index (χ4n) is 1.75. The molecule has 2 aromatic rings. The molecule has 0 aliphatic heterocycles. The summed E-state index contributed by atoms with van der Waals surface area (Å²) in [6.45, 7) is 1.34. The zero-order chi connectivity index (χ0) is 15.1. The van der Waals surface area contributed by atoms with Gasteiger partial charge in [0, 0.05) is 13.6 Å². The van der Waals surface area contributed by atoms with Gasteiger partial charge in [0.1, 0.15) is 17.4 Å². The number of anilines is 2. The molecular weight excluding hydrogens is 309 g/mol. The van der Waals surface area contributed by atoms with Crippen LogP contribution in [0.25, 0.3) is 0 Å². The van der Waals surface area contributed by atoms with E-state index in [9.17, 15) is 0 Å². The SMILES string of the molecule is CNc1nc(NCCCOc2ccccc2)c(Cl)cc1Cl. The van der Waals surface area contributed by atoms with Crippen LogP contribution >= 0.6 is 23.2 Å². The van der Waals surface area contributed by atoms with E-state index in [1.54, 1.807) is 13.1 Å². The van der Waals surface area contributed by atoms with Gasteiger partial charge >= 0.3 is 0 Å². The average molecular weight is 326 g/mol. The number of benzene rings is 1. The fraction of sp³-hybridized carbons (Fsp3) is 0.267. The largest absolute Gasteiger partial charge is 0.494 e. The first-order valence-corrected chi connectivity index (χ1v) is 7.42. The smallest absolute Gasteiger partial charge is 0.147 e. The fourth-order valence-corrected chi connectivity index (χ4v) is 2.27. The molecule has 1 aromatic heterocycles. The first-order valence-electron chi connectivity index (χ1n) is 6.66. The van der Waals surface area contributed by atoms with Gasteiger partial charge in [0.25, 0.3) is 0 Å². The van der Waals surface area contributed by atoms with E-state index in [0.29, 0.717) is 34.8 Å². The maximum atomic E-state index is 6.10. The van der Waals surface area contributed by atoms with Gasteiger partial charge in [0.15, 0.2) is 0 Å². The average Bonchev–Trinajstić information content (AvgIpc) is 2.50. The first-order chi connectivity index (χ1) is 10.2. The molecule has 1 aromatic carbocycles. The second kappa shape index (κ2) is 7.96. The zero-order valence-corrected chi connectivity index (χ0v) is 13.2. The Labute approximate surface area is 134 Å². The minimum Gasteiger partial charge on any atom is -0.494 e. The molecular formula is C15H17Cl2N3O. The van der Waals surface area contributed by atoms with Gasteiger partial charge in [-0.25, -0.2) is 4.98 Å². The van der Waals surface area contributed by atoms with Gasteiger partial charge in [-0.05, 0) is 24.6 Å². The van der Waals surface area contributed by atoms with Crippen LogP contribution in [0.2, 0.25) is 10.0 Å². The second-order valence-corrected chi connectivity index (χ2v) is 5.16. The summed E-state index contributed by atoms with van der Waals surface area (Å²) < 4.78 is 5.61. The molecule has 21 heavy (non-hydrogen) atoms. The van der Waals surface area contributed by atoms with Crippen LogP contribution in [0.5, 0.6) is 5.75 Å². The third kappa shape index (κ3) is 4.69. The van der Waals surface area contributed by atoms with Crippen molar-refractivity contribution >= 4 is 34.8 Å². The van der Waals surface area contributed by atoms with Crippen molar-refractivity contribution in [2.45, 2.75) is 6.42 Å². The Morgan fingerprint density at radius 1 is 1.10 bits per heavy atom. The quantitative estimate of drug-likeness (QED) is 0.744. The van der Waals surface area contributed by atoms with Crippen molar-refractivity contribution in [1.82, 2.24) is 4.98 Å². The number of hydrogen-bond acceptors (Lipinski definition) is 4. The number of nitrogens with zero attached hydrogens (tertiary/aromatic N) is 1. The van der Waals surface area contributed by atoms with E-state index in [1.165, 1.54) is 0 Å². The van der Waals surface area contributed by atoms with Crippen LogP contribution in [-0.4, -0.2) is 25.2 Å². The van der Waals surface area contributed by atoms with Crippen LogP contribution in [-0.2, 0) is 0 Å². The molecule has 0 amide bonds. The van der Waals surface area contributed by atoms with E-state index in [1.807, 2.05) is 30.3 Å². The number of nitrogens with one attached hydrogen (secondary N) is 2. The van der Waals surface area contributed by atoms with E-state index < -0.39 is 0 Å². The third-order valence-electron chi connectivity index (χ3n) is 2.79. The topological polar surface area (TPSA) is 46.2 Å². The van der Waals surface area contributed by atoms with Crippen molar-refractivity contribution in [3.63, 3.8) is 0 Å². The summed E-state index contributed by atoms with van der Waals surface area (Å²) in [5, 5.41) is 7.10. The van der Waals surface area contributed by atoms with E-state index >= 15 is 0 Å². The van der Waals surface area contributed by atoms with Crippen molar-refractivity contribution < 1.29 is 4.74 Å². The molecule has 0 unspecified atom stereocenters. The van der Waals surface area contributed by atoms with Crippen LogP contribution in [0, 0.1) is 0 Å². The van der Waals surface area contributed by atoms with Crippen molar-refractivity contribution in [2.24, 2.45) is 0 Å². The molecule has 0 saturated heterocycles. The Morgan fingerprint density at radius 3 is 2.52 bits per heavy atom. The minimum absolute atomic E-state index is 0.500. The Kier molecular flexibility index (Phi) is 5.96. The van der Waals surface area contributed by atoms with Crippen molar-refractivity contribution in [2.75, 3.05) is 30.8 Å². The summed E-state index contributed by atoms with van der Waals surface area (Å²) in [6, 6.07) is 11.4. The lowest BCUT2D eigenvalue weighted by molar-refractivity contribution is 0.315. The van der Waals surface area contributed by atoms with Gasteiger partial charge in [0.05, 0.1) is 16.7 Å². The third-order valence-corrected chi connectivity index (χ3v) is 3.37. The number of ether oxygens (including phenoxy) is 1. The van der Waals surface area contributed by atoms with Crippen molar-refractivity contribution in [3.8, 4) is 5.75 Å². The summed E-state index contributed by atoms with van der Waals surface area (Å²) in [4.78, 5) is 4.32. The highest BCUT2D eigenvalue weighted by molar-refractivity contribution is 6.37. The van der Waals surface area contributed by atoms with Gasteiger partial charge in [-0.2, -0.15) is 0 Å². The molecule has 0 fully saturated rings. The summed E-state index contributed by atoms with van der Waals surface area (Å²) in [5.41, 5.74) is 0. The maximum Gasteiger partial charge on any atom is 0.147 e. The maximum absolute atomic E-state index is 6.10. The molecule has 112 valence electrons. The van der Waals surface area contributed by atoms with Crippen LogP contribution in [0.15, 0.2) is 36.4 Å². The van der Waals surface area contributed by atoms with Crippen molar-refractivity contribution in [3.05, 3.63) is 46.4 Å². The zero-order valence-electron chi connectivity index (χ0n) is 11.7. The summed E-state index contributed by atoms with van der Waals surface area (Å²) in [5.74, 6) is 2.09. The summed E-state index contributed by atoms with van der Waals surface area (Å²) in [6.07, 6.45) is 0.838. The number of pyridine rings is 1. The lowest BCUT2D eigenvalue weighted by Crippen LogP contribution is -2.09. The Hall–Kier alpha value is -1.65. The van der Waals surface area contributed by atoms with E-state index in [0.717, 1.165) is 12.2 Å². The molecule has 0 aliphatic rings. The monoisotopic (exact) mass is 325 g/mol. The predicted molar refractivity (Wildman–Crippen MR) is 88.8 cm³/mol. The number of hydrogen-bond donors (Lipinski definition) is 2. The number of rotatable bonds is 7. The molecule has 1 heterocycles. The lowest BCUT2D eigenvalue weighted by Gasteiger charge is -2.11. The molecule has 0 aliphatic carbocycles. The normalized spacial score (nSPS) is 10.2. The van der Waals surface area contributed by atoms with Gasteiger partial charge in [-0.3, -0.25) is 0 Å². The number of aromatic nitrogens is 1. The molecule has 0 spiro atoms. The van der Waals surface area contributed by atoms with Gasteiger partial charge in [0.2, 0.25) is 0 Å². The first kappa shape index (κ1) is 15.7. The van der Waals surface area contributed by atoms with Crippen LogP contribution in [0.3, 0.4) is 0 Å². The highest BCUT2D eigenvalue weighted by Gasteiger charge is 2.07. The molecule has 0 bridgehead atoms. The van der Waals surface area contributed by atoms with E-state index in [2.05, 4.69) is 15.6 Å². The lowest BCUT2D eigenvalue weighted by atomic mass is 10.3. The number of halogens is 2. The van der Waals surface area contributed by atoms with Crippen molar-refractivity contribution in [1.29, 1.82) is 0 Å². The van der Waals surface area contributed by atoms with E-state index in [4.69, 9.17) is 27.9 Å². The van der Waals surface area contributed by atoms with Gasteiger partial charge in [-0.15, -0.1) is 0 Å². The Bertz CT molecular complexity index is 579. The van der Waals surface area contributed by atoms with Gasteiger partial charge in [-0.1, -0.05) is 41.4 Å². The number of para-hydroxylation sites is 1. The summed E-state index contributed by atoms with van der Waals surface area (Å²) in [7, 11) is 1.76. The highest BCUT2D eigenvalue weighted by atomic mass is 35.5. The Morgan fingerprint density at radius 2 is 1.81 bits per heavy atom. The minimum atomic E-state index is 0.500. The molecule has 0 atom stereocenters. The molecule has 6 heteroatoms. The second-order valence-electron chi connectivity index (χ2n) is 4.34. The van der Waals surface area contributed by atoms with E-state index in [-0.39, 0.29) is 0 Å². The van der Waals surface area contributed by atoms with Crippen LogP contribution in [0.4, 0.5) is 11.6 Å². The molecule has 2 rings (SSSR count). The standard InChI is InChI=1S/C15H17Cl2N3O/c1-18-14-12(16)10-13(17)15(20-14)19-8-5-9-21-11-6-3-2-4-7-11/h2-4,6-7,10H,5,8-9H2,1H3,(H2,18,19,20). The molecule has 4 nitrogen and oxygen atoms in total. The highest BCUT2D eigenvalue weighted by Crippen LogP contribution is 2.28. The molecule has 0 radical (unpaired) electrons. The molecule has 0 saturated carbocycles. The molecule has 2 N–H and O–H groups in total. The summed E-state index contributed by atoms with van der Waals surface area (Å²) >= 11 is 12.1. The van der Waals surface area contributed by atoms with Crippen LogP contribution in [0.1, 0.15) is 6.42 Å². The van der Waals surface area contributed by atoms with Crippen LogP contribution < -0.4 is 15.4 Å².